The Balaban J connectivity index is 3.72. The zero-order valence-corrected chi connectivity index (χ0v) is 6.00. The van der Waals surface area contributed by atoms with Crippen LogP contribution in [0.1, 0.15) is 0 Å². The molecule has 0 aliphatic heterocycles. The van der Waals surface area contributed by atoms with Gasteiger partial charge in [0.2, 0.25) is 6.54 Å². The van der Waals surface area contributed by atoms with Gasteiger partial charge in [-0.15, -0.1) is 11.6 Å². The molecule has 0 bridgehead atoms. The molecule has 0 aromatic rings. The topological polar surface area (TPSA) is 69.4 Å². The fraction of sp³-hybridized carbons (Fsp3) is 0.750. The molecular formula is C4H6ClNO4. The van der Waals surface area contributed by atoms with Crippen LogP contribution in [0, 0.1) is 10.1 Å². The van der Waals surface area contributed by atoms with Crippen LogP contribution in [-0.2, 0) is 9.53 Å². The Morgan fingerprint density at radius 3 is 2.70 bits per heavy atom. The standard InChI is InChI=1S/C4H6ClNO4/c1-10-4(7)3(5)2-6(8)9/h3H,2H2,1H3. The molecule has 0 aliphatic carbocycles. The maximum atomic E-state index is 10.4. The van der Waals surface area contributed by atoms with Crippen molar-refractivity contribution in [1.29, 1.82) is 0 Å². The molecule has 0 heterocycles. The molecule has 6 heteroatoms. The summed E-state index contributed by atoms with van der Waals surface area (Å²) in [7, 11) is 1.12. The molecule has 0 aromatic heterocycles. The van der Waals surface area contributed by atoms with E-state index in [0.29, 0.717) is 0 Å². The van der Waals surface area contributed by atoms with Gasteiger partial charge in [-0.05, 0) is 0 Å². The normalized spacial score (nSPS) is 12.2. The van der Waals surface area contributed by atoms with Crippen LogP contribution in [0.4, 0.5) is 0 Å². The molecule has 0 saturated heterocycles. The van der Waals surface area contributed by atoms with Crippen molar-refractivity contribution >= 4 is 17.6 Å². The molecule has 5 nitrogen and oxygen atoms in total. The number of carbonyl (C=O) groups is 1. The van der Waals surface area contributed by atoms with Crippen molar-refractivity contribution in [2.45, 2.75) is 5.38 Å². The van der Waals surface area contributed by atoms with Gasteiger partial charge in [0.05, 0.1) is 7.11 Å². The predicted octanol–water partition coefficient (Wildman–Crippen LogP) is 0.0435. The second-order valence-electron chi connectivity index (χ2n) is 1.51. The quantitative estimate of drug-likeness (QED) is 0.258. The average Bonchev–Trinajstić information content (AvgIpc) is 1.85. The van der Waals surface area contributed by atoms with Gasteiger partial charge >= 0.3 is 5.97 Å². The Bertz CT molecular complexity index is 148. The molecule has 0 N–H and O–H groups in total. The summed E-state index contributed by atoms with van der Waals surface area (Å²) < 4.78 is 4.14. The number of nitrogens with zero attached hydrogens (tertiary/aromatic N) is 1. The molecule has 0 spiro atoms. The number of nitro groups is 1. The third-order valence-corrected chi connectivity index (χ3v) is 1.08. The van der Waals surface area contributed by atoms with Gasteiger partial charge in [-0.1, -0.05) is 0 Å². The zero-order valence-electron chi connectivity index (χ0n) is 5.24. The molecule has 0 aromatic carbocycles. The van der Waals surface area contributed by atoms with Crippen LogP contribution in [0.3, 0.4) is 0 Å². The van der Waals surface area contributed by atoms with Gasteiger partial charge in [0.25, 0.3) is 0 Å². The average molecular weight is 168 g/mol. The number of hydrogen-bond acceptors (Lipinski definition) is 4. The second kappa shape index (κ2) is 4.05. The summed E-state index contributed by atoms with van der Waals surface area (Å²) in [5.41, 5.74) is 0. The molecule has 0 radical (unpaired) electrons. The fourth-order valence-electron chi connectivity index (χ4n) is 0.333. The van der Waals surface area contributed by atoms with Crippen LogP contribution in [-0.4, -0.2) is 29.9 Å². The SMILES string of the molecule is COC(=O)C(Cl)C[N+](=O)[O-]. The lowest BCUT2D eigenvalue weighted by Gasteiger charge is -1.99. The van der Waals surface area contributed by atoms with Gasteiger partial charge in [0.1, 0.15) is 0 Å². The van der Waals surface area contributed by atoms with Crippen molar-refractivity contribution < 1.29 is 14.5 Å². The summed E-state index contributed by atoms with van der Waals surface area (Å²) in [6.07, 6.45) is 0. The first kappa shape index (κ1) is 9.16. The molecule has 0 aliphatic rings. The summed E-state index contributed by atoms with van der Waals surface area (Å²) in [5, 5.41) is 8.56. The van der Waals surface area contributed by atoms with Crippen molar-refractivity contribution in [1.82, 2.24) is 0 Å². The first-order valence-electron chi connectivity index (χ1n) is 2.41. The molecular weight excluding hydrogens is 162 g/mol. The van der Waals surface area contributed by atoms with Gasteiger partial charge < -0.3 is 4.74 Å². The summed E-state index contributed by atoms with van der Waals surface area (Å²) in [6.45, 7) is -0.603. The van der Waals surface area contributed by atoms with Crippen LogP contribution >= 0.6 is 11.6 Å². The number of esters is 1. The third kappa shape index (κ3) is 3.24. The minimum absolute atomic E-state index is 0.603. The van der Waals surface area contributed by atoms with E-state index in [9.17, 15) is 14.9 Å². The van der Waals surface area contributed by atoms with Crippen molar-refractivity contribution in [3.8, 4) is 0 Å². The fourth-order valence-corrected chi connectivity index (χ4v) is 0.535. The van der Waals surface area contributed by atoms with Gasteiger partial charge in [-0.2, -0.15) is 0 Å². The lowest BCUT2D eigenvalue weighted by atomic mass is 10.4. The predicted molar refractivity (Wildman–Crippen MR) is 33.5 cm³/mol. The summed E-state index contributed by atoms with van der Waals surface area (Å²) >= 11 is 5.21. The monoisotopic (exact) mass is 167 g/mol. The molecule has 0 amide bonds. The molecule has 1 unspecified atom stereocenters. The first-order valence-corrected chi connectivity index (χ1v) is 2.85. The number of hydrogen-bond donors (Lipinski definition) is 0. The minimum atomic E-state index is -1.18. The smallest absolute Gasteiger partial charge is 0.330 e. The summed E-state index contributed by atoms with van der Waals surface area (Å²) in [6, 6.07) is 0. The van der Waals surface area contributed by atoms with Crippen LogP contribution in [0.2, 0.25) is 0 Å². The molecule has 0 rings (SSSR count). The molecule has 58 valence electrons. The van der Waals surface area contributed by atoms with Crippen LogP contribution in [0.25, 0.3) is 0 Å². The van der Waals surface area contributed by atoms with E-state index in [1.54, 1.807) is 0 Å². The van der Waals surface area contributed by atoms with Crippen LogP contribution in [0.15, 0.2) is 0 Å². The maximum Gasteiger partial charge on any atom is 0.330 e. The summed E-state index contributed by atoms with van der Waals surface area (Å²) in [5.74, 6) is -0.779. The highest BCUT2D eigenvalue weighted by Gasteiger charge is 2.21. The van der Waals surface area contributed by atoms with Crippen LogP contribution in [0.5, 0.6) is 0 Å². The van der Waals surface area contributed by atoms with Gasteiger partial charge in [0, 0.05) is 4.92 Å². The molecule has 1 atom stereocenters. The maximum absolute atomic E-state index is 10.4. The summed E-state index contributed by atoms with van der Waals surface area (Å²) in [4.78, 5) is 19.5. The first-order chi connectivity index (χ1) is 4.57. The van der Waals surface area contributed by atoms with Crippen LogP contribution < -0.4 is 0 Å². The Hall–Kier alpha value is -0.840. The minimum Gasteiger partial charge on any atom is -0.468 e. The van der Waals surface area contributed by atoms with E-state index >= 15 is 0 Å². The molecule has 0 fully saturated rings. The highest BCUT2D eigenvalue weighted by Crippen LogP contribution is 1.97. The van der Waals surface area contributed by atoms with Crippen molar-refractivity contribution in [3.63, 3.8) is 0 Å². The van der Waals surface area contributed by atoms with E-state index in [2.05, 4.69) is 4.74 Å². The Morgan fingerprint density at radius 2 is 2.40 bits per heavy atom. The second-order valence-corrected chi connectivity index (χ2v) is 2.03. The number of alkyl halides is 1. The van der Waals surface area contributed by atoms with Gasteiger partial charge in [-0.3, -0.25) is 14.9 Å². The Kier molecular flexibility index (Phi) is 3.71. The number of rotatable bonds is 3. The van der Waals surface area contributed by atoms with E-state index in [0.717, 1.165) is 7.11 Å². The highest BCUT2D eigenvalue weighted by atomic mass is 35.5. The van der Waals surface area contributed by atoms with Crippen molar-refractivity contribution in [2.75, 3.05) is 13.7 Å². The largest absolute Gasteiger partial charge is 0.468 e. The van der Waals surface area contributed by atoms with Gasteiger partial charge in [-0.25, -0.2) is 0 Å². The number of ether oxygens (including phenoxy) is 1. The number of methoxy groups -OCH3 is 1. The lowest BCUT2D eigenvalue weighted by Crippen LogP contribution is -2.24. The Labute approximate surface area is 62.1 Å². The molecule has 10 heavy (non-hydrogen) atoms. The van der Waals surface area contributed by atoms with E-state index in [1.165, 1.54) is 0 Å². The van der Waals surface area contributed by atoms with Crippen molar-refractivity contribution in [3.05, 3.63) is 10.1 Å². The highest BCUT2D eigenvalue weighted by molar-refractivity contribution is 6.30. The Morgan fingerprint density at radius 1 is 1.90 bits per heavy atom. The third-order valence-electron chi connectivity index (χ3n) is 0.766. The number of carbonyl (C=O) groups excluding carboxylic acids is 1. The lowest BCUT2D eigenvalue weighted by molar-refractivity contribution is -0.478. The van der Waals surface area contributed by atoms with E-state index in [1.807, 2.05) is 0 Å². The zero-order chi connectivity index (χ0) is 8.15. The van der Waals surface area contributed by atoms with Crippen molar-refractivity contribution in [2.24, 2.45) is 0 Å². The van der Waals surface area contributed by atoms with Gasteiger partial charge in [0.15, 0.2) is 5.38 Å². The van der Waals surface area contributed by atoms with E-state index in [-0.39, 0.29) is 0 Å². The molecule has 0 saturated carbocycles. The number of halogens is 1. The van der Waals surface area contributed by atoms with E-state index < -0.39 is 22.8 Å². The van der Waals surface area contributed by atoms with E-state index in [4.69, 9.17) is 11.6 Å².